The van der Waals surface area contributed by atoms with E-state index in [2.05, 4.69) is 14.8 Å². The molecule has 0 fully saturated rings. The van der Waals surface area contributed by atoms with Crippen LogP contribution in [0.3, 0.4) is 0 Å². The number of nitrogens with one attached hydrogen (secondary N) is 1. The number of benzene rings is 1. The van der Waals surface area contributed by atoms with Crippen LogP contribution in [-0.2, 0) is 4.74 Å². The summed E-state index contributed by atoms with van der Waals surface area (Å²) in [7, 11) is 0. The molecule has 0 aliphatic carbocycles. The zero-order chi connectivity index (χ0) is 16.0. The molecule has 1 atom stereocenters. The van der Waals surface area contributed by atoms with Gasteiger partial charge >= 0.3 is 18.9 Å². The Morgan fingerprint density at radius 1 is 1.33 bits per heavy atom. The first kappa shape index (κ1) is 17.0. The second kappa shape index (κ2) is 7.09. The highest BCUT2D eigenvalue weighted by molar-refractivity contribution is 5.67. The normalized spacial score (nSPS) is 12.9. The van der Waals surface area contributed by atoms with Crippen molar-refractivity contribution in [1.82, 2.24) is 5.32 Å². The summed E-state index contributed by atoms with van der Waals surface area (Å²) in [5.41, 5.74) is 0.372. The van der Waals surface area contributed by atoms with Crippen molar-refractivity contribution in [2.24, 2.45) is 0 Å². The summed E-state index contributed by atoms with van der Waals surface area (Å²) in [6.45, 7) is -3.25. The maximum absolute atomic E-state index is 12.1. The van der Waals surface area contributed by atoms with E-state index in [0.29, 0.717) is 5.56 Å². The number of ether oxygens (including phenoxy) is 2. The van der Waals surface area contributed by atoms with Crippen LogP contribution in [0.1, 0.15) is 18.5 Å². The number of amides is 1. The van der Waals surface area contributed by atoms with Gasteiger partial charge in [-0.2, -0.15) is 22.0 Å². The van der Waals surface area contributed by atoms with Crippen LogP contribution in [0.2, 0.25) is 0 Å². The van der Waals surface area contributed by atoms with Gasteiger partial charge in [-0.1, -0.05) is 12.1 Å². The highest BCUT2D eigenvalue weighted by Crippen LogP contribution is 2.21. The summed E-state index contributed by atoms with van der Waals surface area (Å²) < 4.78 is 67.8. The molecule has 0 aliphatic rings. The Kier molecular flexibility index (Phi) is 5.74. The van der Waals surface area contributed by atoms with Crippen LogP contribution in [-0.4, -0.2) is 25.5 Å². The first-order valence-electron chi connectivity index (χ1n) is 5.72. The molecule has 0 aromatic heterocycles. The van der Waals surface area contributed by atoms with Crippen LogP contribution in [0, 0.1) is 0 Å². The van der Waals surface area contributed by atoms with Crippen molar-refractivity contribution >= 4 is 6.09 Å². The van der Waals surface area contributed by atoms with Crippen molar-refractivity contribution in [3.05, 3.63) is 29.8 Å². The molecule has 1 aromatic carbocycles. The number of halogens is 5. The Labute approximate surface area is 116 Å². The van der Waals surface area contributed by atoms with Crippen LogP contribution >= 0.6 is 0 Å². The molecule has 0 heterocycles. The predicted octanol–water partition coefficient (Wildman–Crippen LogP) is 3.64. The fraction of sp³-hybridized carbons (Fsp3) is 0.417. The zero-order valence-corrected chi connectivity index (χ0v) is 10.8. The quantitative estimate of drug-likeness (QED) is 0.844. The molecule has 1 amide bonds. The Morgan fingerprint density at radius 3 is 2.57 bits per heavy atom. The molecule has 0 spiro atoms. The molecule has 1 unspecified atom stereocenters. The standard InChI is InChI=1S/C12H12F5NO3/c1-7(18-11(19)20-6-12(15,16)17)8-3-2-4-9(5-8)21-10(13)14/h2-5,7,10H,6H2,1H3,(H,18,19). The zero-order valence-electron chi connectivity index (χ0n) is 10.8. The van der Waals surface area contributed by atoms with Gasteiger partial charge in [0.2, 0.25) is 0 Å². The van der Waals surface area contributed by atoms with E-state index in [4.69, 9.17) is 0 Å². The average Bonchev–Trinajstić information content (AvgIpc) is 2.35. The number of alkyl carbamates (subject to hydrolysis) is 1. The van der Waals surface area contributed by atoms with Gasteiger partial charge in [0.1, 0.15) is 5.75 Å². The van der Waals surface area contributed by atoms with Crippen molar-refractivity contribution < 1.29 is 36.2 Å². The van der Waals surface area contributed by atoms with E-state index in [1.165, 1.54) is 31.2 Å². The molecule has 1 rings (SSSR count). The van der Waals surface area contributed by atoms with Gasteiger partial charge in [0, 0.05) is 0 Å². The Morgan fingerprint density at radius 2 is 2.00 bits per heavy atom. The van der Waals surface area contributed by atoms with Gasteiger partial charge in [0.15, 0.2) is 6.61 Å². The van der Waals surface area contributed by atoms with Crippen LogP contribution in [0.15, 0.2) is 24.3 Å². The van der Waals surface area contributed by atoms with Crippen molar-refractivity contribution in [1.29, 1.82) is 0 Å². The van der Waals surface area contributed by atoms with Gasteiger partial charge in [-0.05, 0) is 24.6 Å². The fourth-order valence-electron chi connectivity index (χ4n) is 1.41. The van der Waals surface area contributed by atoms with Crippen molar-refractivity contribution in [2.75, 3.05) is 6.61 Å². The van der Waals surface area contributed by atoms with Crippen LogP contribution in [0.5, 0.6) is 5.75 Å². The third kappa shape index (κ3) is 6.77. The smallest absolute Gasteiger partial charge is 0.422 e. The molecular formula is C12H12F5NO3. The monoisotopic (exact) mass is 313 g/mol. The number of hydrogen-bond donors (Lipinski definition) is 1. The van der Waals surface area contributed by atoms with Crippen LogP contribution < -0.4 is 10.1 Å². The van der Waals surface area contributed by atoms with E-state index in [9.17, 15) is 26.7 Å². The third-order valence-corrected chi connectivity index (χ3v) is 2.28. The summed E-state index contributed by atoms with van der Waals surface area (Å²) in [5, 5.41) is 2.15. The first-order valence-corrected chi connectivity index (χ1v) is 5.72. The SMILES string of the molecule is CC(NC(=O)OCC(F)(F)F)c1cccc(OC(F)F)c1. The lowest BCUT2D eigenvalue weighted by Gasteiger charge is -2.16. The molecule has 0 bridgehead atoms. The first-order chi connectivity index (χ1) is 9.67. The van der Waals surface area contributed by atoms with Gasteiger partial charge in [0.05, 0.1) is 6.04 Å². The molecule has 0 saturated heterocycles. The maximum Gasteiger partial charge on any atom is 0.422 e. The number of carbonyl (C=O) groups excluding carboxylic acids is 1. The summed E-state index contributed by atoms with van der Waals surface area (Å²) in [5.74, 6) is -0.125. The molecule has 0 radical (unpaired) electrons. The Hall–Kier alpha value is -2.06. The Bertz CT molecular complexity index is 478. The fourth-order valence-corrected chi connectivity index (χ4v) is 1.41. The van der Waals surface area contributed by atoms with E-state index < -0.39 is 31.5 Å². The lowest BCUT2D eigenvalue weighted by Crippen LogP contribution is -2.30. The molecule has 118 valence electrons. The molecular weight excluding hydrogens is 301 g/mol. The minimum atomic E-state index is -4.62. The largest absolute Gasteiger partial charge is 0.440 e. The van der Waals surface area contributed by atoms with Gasteiger partial charge < -0.3 is 14.8 Å². The molecule has 4 nitrogen and oxygen atoms in total. The summed E-state index contributed by atoms with van der Waals surface area (Å²) in [4.78, 5) is 11.2. The van der Waals surface area contributed by atoms with E-state index in [0.717, 1.165) is 0 Å². The Balaban J connectivity index is 2.58. The third-order valence-electron chi connectivity index (χ3n) is 2.28. The summed E-state index contributed by atoms with van der Waals surface area (Å²) in [6.07, 6.45) is -5.88. The second-order valence-electron chi connectivity index (χ2n) is 4.01. The van der Waals surface area contributed by atoms with E-state index >= 15 is 0 Å². The second-order valence-corrected chi connectivity index (χ2v) is 4.01. The molecule has 0 saturated carbocycles. The number of rotatable bonds is 5. The summed E-state index contributed by atoms with van der Waals surface area (Å²) >= 11 is 0. The maximum atomic E-state index is 12.1. The van der Waals surface area contributed by atoms with E-state index in [1.54, 1.807) is 0 Å². The molecule has 0 aliphatic heterocycles. The van der Waals surface area contributed by atoms with Crippen molar-refractivity contribution in [3.8, 4) is 5.75 Å². The van der Waals surface area contributed by atoms with Gasteiger partial charge in [-0.15, -0.1) is 0 Å². The van der Waals surface area contributed by atoms with Crippen molar-refractivity contribution in [2.45, 2.75) is 25.8 Å². The minimum absolute atomic E-state index is 0.125. The topological polar surface area (TPSA) is 47.6 Å². The minimum Gasteiger partial charge on any atom is -0.440 e. The lowest BCUT2D eigenvalue weighted by atomic mass is 10.1. The van der Waals surface area contributed by atoms with Crippen LogP contribution in [0.4, 0.5) is 26.7 Å². The molecule has 1 aromatic rings. The lowest BCUT2D eigenvalue weighted by molar-refractivity contribution is -0.160. The van der Waals surface area contributed by atoms with E-state index in [1.807, 2.05) is 0 Å². The highest BCUT2D eigenvalue weighted by atomic mass is 19.4. The van der Waals surface area contributed by atoms with Gasteiger partial charge in [-0.25, -0.2) is 4.79 Å². The predicted molar refractivity (Wildman–Crippen MR) is 62.0 cm³/mol. The van der Waals surface area contributed by atoms with Gasteiger partial charge in [-0.3, -0.25) is 0 Å². The number of alkyl halides is 5. The van der Waals surface area contributed by atoms with Gasteiger partial charge in [0.25, 0.3) is 0 Å². The summed E-state index contributed by atoms with van der Waals surface area (Å²) in [6, 6.07) is 4.68. The average molecular weight is 313 g/mol. The molecule has 9 heteroatoms. The highest BCUT2D eigenvalue weighted by Gasteiger charge is 2.29. The van der Waals surface area contributed by atoms with E-state index in [-0.39, 0.29) is 5.75 Å². The van der Waals surface area contributed by atoms with Crippen molar-refractivity contribution in [3.63, 3.8) is 0 Å². The number of carbonyl (C=O) groups is 1. The molecule has 1 N–H and O–H groups in total. The molecule has 21 heavy (non-hydrogen) atoms. The van der Waals surface area contributed by atoms with Crippen LogP contribution in [0.25, 0.3) is 0 Å². The number of hydrogen-bond acceptors (Lipinski definition) is 3.